The lowest BCUT2D eigenvalue weighted by Crippen LogP contribution is -1.99. The Hall–Kier alpha value is -3.44. The number of ether oxygens (including phenoxy) is 4. The molecule has 4 rings (SSSR count). The Morgan fingerprint density at radius 3 is 2.55 bits per heavy atom. The molecule has 0 unspecified atom stereocenters. The SMILES string of the molecule is COc1cccc(/C=C2\Oc3c(ccc(OCc4cccc(Cl)c4)c3C)C2=O)c1OC. The molecule has 0 aromatic heterocycles. The fourth-order valence-corrected chi connectivity index (χ4v) is 3.69. The van der Waals surface area contributed by atoms with Gasteiger partial charge in [0.25, 0.3) is 0 Å². The van der Waals surface area contributed by atoms with E-state index in [4.69, 9.17) is 30.5 Å². The van der Waals surface area contributed by atoms with E-state index in [9.17, 15) is 4.79 Å². The van der Waals surface area contributed by atoms with Gasteiger partial charge in [0.15, 0.2) is 17.3 Å². The van der Waals surface area contributed by atoms with Crippen LogP contribution in [0.15, 0.2) is 60.4 Å². The molecule has 0 bridgehead atoms. The van der Waals surface area contributed by atoms with Gasteiger partial charge in [-0.05, 0) is 48.9 Å². The van der Waals surface area contributed by atoms with Crippen molar-refractivity contribution in [2.45, 2.75) is 13.5 Å². The number of fused-ring (bicyclic) bond motifs is 1. The van der Waals surface area contributed by atoms with Gasteiger partial charge >= 0.3 is 0 Å². The van der Waals surface area contributed by atoms with E-state index in [0.717, 1.165) is 11.1 Å². The van der Waals surface area contributed by atoms with Crippen molar-refractivity contribution in [3.05, 3.63) is 87.6 Å². The highest BCUT2D eigenvalue weighted by Gasteiger charge is 2.30. The summed E-state index contributed by atoms with van der Waals surface area (Å²) < 4.78 is 22.7. The second-order valence-electron chi connectivity index (χ2n) is 7.01. The summed E-state index contributed by atoms with van der Waals surface area (Å²) >= 11 is 6.04. The van der Waals surface area contributed by atoms with Crippen molar-refractivity contribution in [1.29, 1.82) is 0 Å². The van der Waals surface area contributed by atoms with Crippen LogP contribution < -0.4 is 18.9 Å². The maximum absolute atomic E-state index is 12.9. The van der Waals surface area contributed by atoms with Gasteiger partial charge < -0.3 is 18.9 Å². The minimum Gasteiger partial charge on any atom is -0.493 e. The summed E-state index contributed by atoms with van der Waals surface area (Å²) in [5.74, 6) is 2.29. The topological polar surface area (TPSA) is 54.0 Å². The zero-order chi connectivity index (χ0) is 22.0. The summed E-state index contributed by atoms with van der Waals surface area (Å²) in [5.41, 5.74) is 2.90. The standard InChI is InChI=1S/C25H21ClO5/c1-15-20(30-14-16-6-4-8-18(26)12-16)11-10-19-23(27)22(31-24(15)19)13-17-7-5-9-21(28-2)25(17)29-3/h4-13H,14H2,1-3H3/b22-13-. The van der Waals surface area contributed by atoms with Gasteiger partial charge in [-0.2, -0.15) is 0 Å². The molecule has 0 saturated heterocycles. The number of halogens is 1. The lowest BCUT2D eigenvalue weighted by molar-refractivity contribution is 0.101. The third kappa shape index (κ3) is 4.09. The third-order valence-electron chi connectivity index (χ3n) is 5.04. The second kappa shape index (κ2) is 8.74. The molecule has 6 heteroatoms. The van der Waals surface area contributed by atoms with Gasteiger partial charge in [0, 0.05) is 16.1 Å². The molecule has 1 aliphatic heterocycles. The van der Waals surface area contributed by atoms with Crippen LogP contribution in [0, 0.1) is 6.92 Å². The van der Waals surface area contributed by atoms with Crippen LogP contribution in [-0.4, -0.2) is 20.0 Å². The zero-order valence-electron chi connectivity index (χ0n) is 17.4. The molecule has 0 radical (unpaired) electrons. The van der Waals surface area contributed by atoms with Crippen LogP contribution in [0.3, 0.4) is 0 Å². The van der Waals surface area contributed by atoms with Crippen molar-refractivity contribution in [3.63, 3.8) is 0 Å². The summed E-state index contributed by atoms with van der Waals surface area (Å²) in [4.78, 5) is 12.9. The van der Waals surface area contributed by atoms with E-state index in [1.54, 1.807) is 38.5 Å². The Morgan fingerprint density at radius 2 is 1.81 bits per heavy atom. The Balaban J connectivity index is 1.61. The number of methoxy groups -OCH3 is 2. The first-order valence-corrected chi connectivity index (χ1v) is 10.1. The number of hydrogen-bond donors (Lipinski definition) is 0. The third-order valence-corrected chi connectivity index (χ3v) is 5.28. The highest BCUT2D eigenvalue weighted by atomic mass is 35.5. The summed E-state index contributed by atoms with van der Waals surface area (Å²) in [5, 5.41) is 0.656. The molecule has 1 heterocycles. The molecule has 0 aliphatic carbocycles. The Bertz CT molecular complexity index is 1180. The van der Waals surface area contributed by atoms with Crippen LogP contribution in [0.25, 0.3) is 6.08 Å². The first-order valence-electron chi connectivity index (χ1n) is 9.68. The van der Waals surface area contributed by atoms with E-state index in [0.29, 0.717) is 45.8 Å². The zero-order valence-corrected chi connectivity index (χ0v) is 18.2. The van der Waals surface area contributed by atoms with Crippen LogP contribution >= 0.6 is 11.6 Å². The number of ketones is 1. The maximum atomic E-state index is 12.9. The molecular weight excluding hydrogens is 416 g/mol. The summed E-state index contributed by atoms with van der Waals surface area (Å²) in [7, 11) is 3.12. The number of carbonyl (C=O) groups is 1. The maximum Gasteiger partial charge on any atom is 0.231 e. The first-order chi connectivity index (χ1) is 15.0. The van der Waals surface area contributed by atoms with E-state index >= 15 is 0 Å². The number of Topliss-reactive ketones (excluding diaryl/α,β-unsaturated/α-hetero) is 1. The molecule has 0 spiro atoms. The van der Waals surface area contributed by atoms with Crippen molar-refractivity contribution in [1.82, 2.24) is 0 Å². The highest BCUT2D eigenvalue weighted by Crippen LogP contribution is 2.40. The van der Waals surface area contributed by atoms with Gasteiger partial charge in [-0.15, -0.1) is 0 Å². The molecule has 0 saturated carbocycles. The normalized spacial score (nSPS) is 13.7. The molecule has 158 valence electrons. The van der Waals surface area contributed by atoms with Gasteiger partial charge in [0.1, 0.15) is 18.1 Å². The van der Waals surface area contributed by atoms with Gasteiger partial charge in [-0.3, -0.25) is 4.79 Å². The molecule has 3 aromatic rings. The Morgan fingerprint density at radius 1 is 1.00 bits per heavy atom. The molecular formula is C25H21ClO5. The molecule has 31 heavy (non-hydrogen) atoms. The number of hydrogen-bond acceptors (Lipinski definition) is 5. The predicted octanol–water partition coefficient (Wildman–Crippen LogP) is 5.86. The van der Waals surface area contributed by atoms with Crippen LogP contribution in [-0.2, 0) is 6.61 Å². The number of rotatable bonds is 6. The van der Waals surface area contributed by atoms with Crippen molar-refractivity contribution in [2.24, 2.45) is 0 Å². The molecule has 0 atom stereocenters. The Kier molecular flexibility index (Phi) is 5.87. The summed E-state index contributed by atoms with van der Waals surface area (Å²) in [6, 6.07) is 16.5. The number of benzene rings is 3. The van der Waals surface area contributed by atoms with Crippen LogP contribution in [0.4, 0.5) is 0 Å². The van der Waals surface area contributed by atoms with E-state index in [1.165, 1.54) is 0 Å². The van der Waals surface area contributed by atoms with Crippen LogP contribution in [0.1, 0.15) is 27.0 Å². The molecule has 0 amide bonds. The molecule has 0 N–H and O–H groups in total. The van der Waals surface area contributed by atoms with E-state index in [-0.39, 0.29) is 11.5 Å². The lowest BCUT2D eigenvalue weighted by Gasteiger charge is -2.12. The van der Waals surface area contributed by atoms with Crippen molar-refractivity contribution < 1.29 is 23.7 Å². The molecule has 0 fully saturated rings. The average Bonchev–Trinajstić information content (AvgIpc) is 3.09. The van der Waals surface area contributed by atoms with Gasteiger partial charge in [0.2, 0.25) is 5.78 Å². The van der Waals surface area contributed by atoms with Gasteiger partial charge in [0.05, 0.1) is 19.8 Å². The second-order valence-corrected chi connectivity index (χ2v) is 7.44. The summed E-state index contributed by atoms with van der Waals surface area (Å²) in [6.45, 7) is 2.23. The fraction of sp³-hybridized carbons (Fsp3) is 0.160. The average molecular weight is 437 g/mol. The minimum absolute atomic E-state index is 0.190. The van der Waals surface area contributed by atoms with Gasteiger partial charge in [-0.1, -0.05) is 35.9 Å². The van der Waals surface area contributed by atoms with E-state index in [1.807, 2.05) is 43.3 Å². The van der Waals surface area contributed by atoms with Crippen molar-refractivity contribution in [2.75, 3.05) is 14.2 Å². The number of para-hydroxylation sites is 1. The summed E-state index contributed by atoms with van der Waals surface area (Å²) in [6.07, 6.45) is 1.66. The molecule has 1 aliphatic rings. The monoisotopic (exact) mass is 436 g/mol. The Labute approximate surface area is 185 Å². The smallest absolute Gasteiger partial charge is 0.231 e. The van der Waals surface area contributed by atoms with E-state index < -0.39 is 0 Å². The number of allylic oxidation sites excluding steroid dienone is 1. The quantitative estimate of drug-likeness (QED) is 0.453. The minimum atomic E-state index is -0.190. The number of carbonyl (C=O) groups excluding carboxylic acids is 1. The van der Waals surface area contributed by atoms with Gasteiger partial charge in [-0.25, -0.2) is 0 Å². The van der Waals surface area contributed by atoms with Crippen molar-refractivity contribution in [3.8, 4) is 23.0 Å². The highest BCUT2D eigenvalue weighted by molar-refractivity contribution is 6.30. The molecule has 3 aromatic carbocycles. The lowest BCUT2D eigenvalue weighted by atomic mass is 10.1. The first kappa shape index (κ1) is 20.8. The molecule has 5 nitrogen and oxygen atoms in total. The van der Waals surface area contributed by atoms with E-state index in [2.05, 4.69) is 0 Å². The fourth-order valence-electron chi connectivity index (χ4n) is 3.48. The van der Waals surface area contributed by atoms with Crippen LogP contribution in [0.5, 0.6) is 23.0 Å². The van der Waals surface area contributed by atoms with Crippen molar-refractivity contribution >= 4 is 23.5 Å². The van der Waals surface area contributed by atoms with Crippen LogP contribution in [0.2, 0.25) is 5.02 Å². The largest absolute Gasteiger partial charge is 0.493 e. The predicted molar refractivity (Wildman–Crippen MR) is 119 cm³/mol.